The maximum atomic E-state index is 6.03. The van der Waals surface area contributed by atoms with Gasteiger partial charge in [0, 0.05) is 33.6 Å². The van der Waals surface area contributed by atoms with Gasteiger partial charge in [-0.25, -0.2) is 19.9 Å². The summed E-state index contributed by atoms with van der Waals surface area (Å²) in [4.78, 5) is 23.8. The van der Waals surface area contributed by atoms with Gasteiger partial charge in [-0.1, -0.05) is 115 Å². The highest BCUT2D eigenvalue weighted by Gasteiger charge is 2.44. The predicted octanol–water partition coefficient (Wildman–Crippen LogP) is 14.6. The molecular weight excluding hydrogens is 964 g/mol. The molecular formula is C70H59BN8. The van der Waals surface area contributed by atoms with E-state index in [-0.39, 0.29) is 6.71 Å². The van der Waals surface area contributed by atoms with Gasteiger partial charge in [0.25, 0.3) is 6.71 Å². The van der Waals surface area contributed by atoms with Gasteiger partial charge in [-0.15, -0.1) is 0 Å². The maximum absolute atomic E-state index is 6.03. The van der Waals surface area contributed by atoms with E-state index in [0.29, 0.717) is 0 Å². The van der Waals surface area contributed by atoms with Crippen LogP contribution in [0, 0.1) is 83.1 Å². The Balaban J connectivity index is 1.16. The monoisotopic (exact) mass is 1020 g/mol. The number of nitrogens with zero attached hydrogens (tertiary/aromatic N) is 8. The van der Waals surface area contributed by atoms with Crippen molar-refractivity contribution in [2.75, 3.05) is 0 Å². The lowest BCUT2D eigenvalue weighted by Gasteiger charge is -2.33. The molecule has 0 aliphatic carbocycles. The van der Waals surface area contributed by atoms with Gasteiger partial charge >= 0.3 is 0 Å². The first-order valence-electron chi connectivity index (χ1n) is 27.7. The summed E-state index contributed by atoms with van der Waals surface area (Å²) >= 11 is 0. The molecule has 8 nitrogen and oxygen atoms in total. The van der Waals surface area contributed by atoms with Crippen molar-refractivity contribution in [3.8, 4) is 68.3 Å². The summed E-state index contributed by atoms with van der Waals surface area (Å²) in [5.41, 5.74) is 34.6. The third kappa shape index (κ3) is 6.33. The minimum Gasteiger partial charge on any atom is -0.293 e. The fraction of sp³-hybridized carbons (Fsp3) is 0.171. The van der Waals surface area contributed by atoms with Crippen LogP contribution in [0.1, 0.15) is 66.8 Å². The van der Waals surface area contributed by atoms with Crippen LogP contribution in [0.25, 0.3) is 112 Å². The van der Waals surface area contributed by atoms with Crippen molar-refractivity contribution in [2.24, 2.45) is 0 Å². The third-order valence-electron chi connectivity index (χ3n) is 17.7. The lowest BCUT2D eigenvalue weighted by molar-refractivity contribution is 1.06. The Morgan fingerprint density at radius 2 is 0.557 bits per heavy atom. The average Bonchev–Trinajstić information content (AvgIpc) is 1.90. The molecule has 2 aliphatic heterocycles. The standard InChI is InChI=1S/C70H59BN8/c1-36-20-13-21-37(2)54(36)67-72-50-34-48-63-59(65(50)78(67)61-44(9)28-17-29-45(61)10)74-69(56-40(5)24-15-25-41(56)6)76(63)52-32-19-33-53-58(52)71(48)49-35-51-66(60-64(49)77(53)70(75-60)57-42(7)26-16-27-43(57)8)79(62-46(11)30-18-31-47(62)12)68(73-51)55-38(3)22-14-23-39(55)4/h13-35H,1-12H3. The van der Waals surface area contributed by atoms with E-state index in [4.69, 9.17) is 19.9 Å². The van der Waals surface area contributed by atoms with Gasteiger partial charge in [0.05, 0.1) is 33.4 Å². The number of para-hydroxylation sites is 2. The maximum Gasteiger partial charge on any atom is 0.252 e. The summed E-state index contributed by atoms with van der Waals surface area (Å²) in [6.07, 6.45) is 0. The van der Waals surface area contributed by atoms with E-state index in [0.717, 1.165) is 123 Å². The number of hydrogen-bond acceptors (Lipinski definition) is 4. The molecule has 0 saturated heterocycles. The quantitative estimate of drug-likeness (QED) is 0.156. The summed E-state index contributed by atoms with van der Waals surface area (Å²) in [5.74, 6) is 3.68. The van der Waals surface area contributed by atoms with E-state index in [9.17, 15) is 0 Å². The molecule has 382 valence electrons. The van der Waals surface area contributed by atoms with Crippen molar-refractivity contribution in [3.63, 3.8) is 0 Å². The van der Waals surface area contributed by atoms with Crippen LogP contribution in [-0.4, -0.2) is 44.9 Å². The first-order valence-corrected chi connectivity index (χ1v) is 27.7. The molecule has 9 heteroatoms. The second-order valence-corrected chi connectivity index (χ2v) is 22.8. The lowest BCUT2D eigenvalue weighted by Crippen LogP contribution is -2.59. The minimum absolute atomic E-state index is 0.238. The van der Waals surface area contributed by atoms with Crippen LogP contribution < -0.4 is 16.4 Å². The molecule has 79 heavy (non-hydrogen) atoms. The van der Waals surface area contributed by atoms with Gasteiger partial charge in [-0.2, -0.15) is 0 Å². The Bertz CT molecular complexity index is 4460. The second-order valence-electron chi connectivity index (χ2n) is 22.8. The molecule has 0 N–H and O–H groups in total. The van der Waals surface area contributed by atoms with Crippen LogP contribution in [-0.2, 0) is 0 Å². The molecule has 0 bridgehead atoms. The number of fused-ring (bicyclic) bond motifs is 8. The molecule has 0 unspecified atom stereocenters. The van der Waals surface area contributed by atoms with Crippen molar-refractivity contribution in [1.29, 1.82) is 0 Å². The van der Waals surface area contributed by atoms with Crippen molar-refractivity contribution in [2.45, 2.75) is 83.1 Å². The Hall–Kier alpha value is -9.08. The topological polar surface area (TPSA) is 71.3 Å². The molecule has 2 aliphatic rings. The zero-order valence-electron chi connectivity index (χ0n) is 46.9. The van der Waals surface area contributed by atoms with Gasteiger partial charge in [0.2, 0.25) is 0 Å². The summed E-state index contributed by atoms with van der Waals surface area (Å²) in [6, 6.07) is 51.3. The number of rotatable bonds is 6. The van der Waals surface area contributed by atoms with Gasteiger partial charge in [-0.05, 0) is 191 Å². The van der Waals surface area contributed by atoms with Crippen LogP contribution in [0.15, 0.2) is 140 Å². The molecule has 15 rings (SSSR count). The van der Waals surface area contributed by atoms with E-state index in [1.807, 2.05) is 0 Å². The molecule has 0 atom stereocenters. The first-order chi connectivity index (χ1) is 38.2. The average molecular weight is 1020 g/mol. The highest BCUT2D eigenvalue weighted by Crippen LogP contribution is 2.45. The van der Waals surface area contributed by atoms with E-state index in [1.165, 1.54) is 72.2 Å². The normalized spacial score (nSPS) is 12.5. The van der Waals surface area contributed by atoms with E-state index >= 15 is 0 Å². The Morgan fingerprint density at radius 1 is 0.291 bits per heavy atom. The number of aryl methyl sites for hydroxylation is 12. The largest absolute Gasteiger partial charge is 0.293 e. The van der Waals surface area contributed by atoms with Gasteiger partial charge in [0.15, 0.2) is 0 Å². The van der Waals surface area contributed by atoms with E-state index in [2.05, 4.69) is 241 Å². The molecule has 0 amide bonds. The SMILES string of the molecule is Cc1cccc(C)c1-c1nc2c3c(cc4nc(-c5c(C)cccc5C)n(-c5c(C)cccc5C)c42)B2c4c(cccc4-n4c(-c5c(C)cccc5C)nc5c4c2cc2nc(-c4c(C)cccc4C)n(-c4c(C)cccc4C)c25)-n13. The predicted molar refractivity (Wildman–Crippen MR) is 328 cm³/mol. The van der Waals surface area contributed by atoms with Crippen LogP contribution in [0.3, 0.4) is 0 Å². The molecule has 0 radical (unpaired) electrons. The molecule has 13 aromatic rings. The number of imidazole rings is 4. The highest BCUT2D eigenvalue weighted by molar-refractivity contribution is 7.00. The second kappa shape index (κ2) is 16.7. The van der Waals surface area contributed by atoms with Crippen molar-refractivity contribution in [1.82, 2.24) is 38.2 Å². The van der Waals surface area contributed by atoms with Crippen LogP contribution in [0.2, 0.25) is 0 Å². The Kier molecular flexibility index (Phi) is 9.98. The van der Waals surface area contributed by atoms with Gasteiger partial charge in [0.1, 0.15) is 45.4 Å². The molecule has 4 aromatic heterocycles. The first kappa shape index (κ1) is 47.2. The van der Waals surface area contributed by atoms with Crippen molar-refractivity contribution >= 4 is 67.2 Å². The van der Waals surface area contributed by atoms with Crippen molar-refractivity contribution < 1.29 is 0 Å². The van der Waals surface area contributed by atoms with E-state index < -0.39 is 0 Å². The highest BCUT2D eigenvalue weighted by atomic mass is 15.2. The van der Waals surface area contributed by atoms with Crippen LogP contribution in [0.5, 0.6) is 0 Å². The Labute approximate surface area is 460 Å². The summed E-state index contributed by atoms with van der Waals surface area (Å²) < 4.78 is 9.89. The van der Waals surface area contributed by atoms with Crippen LogP contribution >= 0.6 is 0 Å². The lowest BCUT2D eigenvalue weighted by atomic mass is 9.34. The molecule has 6 heterocycles. The van der Waals surface area contributed by atoms with Gasteiger partial charge < -0.3 is 0 Å². The number of hydrogen-bond donors (Lipinski definition) is 0. The molecule has 0 saturated carbocycles. The summed E-state index contributed by atoms with van der Waals surface area (Å²) in [6.45, 7) is 26.4. The molecule has 0 fully saturated rings. The molecule has 0 spiro atoms. The van der Waals surface area contributed by atoms with E-state index in [1.54, 1.807) is 0 Å². The zero-order chi connectivity index (χ0) is 54.2. The van der Waals surface area contributed by atoms with Gasteiger partial charge in [-0.3, -0.25) is 18.3 Å². The minimum atomic E-state index is -0.238. The molecule has 9 aromatic carbocycles. The number of aromatic nitrogens is 8. The summed E-state index contributed by atoms with van der Waals surface area (Å²) in [7, 11) is 0. The summed E-state index contributed by atoms with van der Waals surface area (Å²) in [5, 5.41) is 0. The zero-order valence-corrected chi connectivity index (χ0v) is 46.9. The fourth-order valence-electron chi connectivity index (χ4n) is 14.4. The van der Waals surface area contributed by atoms with Crippen LogP contribution in [0.4, 0.5) is 0 Å². The number of benzene rings is 9. The third-order valence-corrected chi connectivity index (χ3v) is 17.7. The van der Waals surface area contributed by atoms with Crippen molar-refractivity contribution in [3.05, 3.63) is 206 Å². The smallest absolute Gasteiger partial charge is 0.252 e. The fourth-order valence-corrected chi connectivity index (χ4v) is 14.4. The Morgan fingerprint density at radius 3 is 0.861 bits per heavy atom.